The first kappa shape index (κ1) is 13.5. The molecular weight excluding hydrogens is 378 g/mol. The molecule has 2 rings (SSSR count). The summed E-state index contributed by atoms with van der Waals surface area (Å²) in [5.74, 6) is 1.34. The summed E-state index contributed by atoms with van der Waals surface area (Å²) < 4.78 is 7.62. The van der Waals surface area contributed by atoms with E-state index in [9.17, 15) is 0 Å². The van der Waals surface area contributed by atoms with Gasteiger partial charge in [-0.1, -0.05) is 40.3 Å². The van der Waals surface area contributed by atoms with E-state index in [1.807, 2.05) is 42.5 Å². The molecule has 18 heavy (non-hydrogen) atoms. The molecule has 0 heterocycles. The van der Waals surface area contributed by atoms with Gasteiger partial charge in [0, 0.05) is 4.47 Å². The van der Waals surface area contributed by atoms with Crippen LogP contribution in [-0.2, 0) is 0 Å². The lowest BCUT2D eigenvalue weighted by Crippen LogP contribution is -2.10. The summed E-state index contributed by atoms with van der Waals surface area (Å²) in [4.78, 5) is 0.310. The summed E-state index contributed by atoms with van der Waals surface area (Å²) in [5, 5.41) is 0. The van der Waals surface area contributed by atoms with E-state index in [0.717, 1.165) is 8.95 Å². The summed E-state index contributed by atoms with van der Waals surface area (Å²) in [5.41, 5.74) is 6.39. The average Bonchev–Trinajstić information content (AvgIpc) is 2.32. The quantitative estimate of drug-likeness (QED) is 0.780. The first-order chi connectivity index (χ1) is 8.58. The summed E-state index contributed by atoms with van der Waals surface area (Å²) in [7, 11) is 0. The fraction of sp³-hybridized carbons (Fsp3) is 0. The molecule has 0 amide bonds. The molecule has 0 spiro atoms. The summed E-state index contributed by atoms with van der Waals surface area (Å²) in [6.07, 6.45) is 0. The smallest absolute Gasteiger partial charge is 0.141 e. The molecule has 0 aliphatic rings. The van der Waals surface area contributed by atoms with Gasteiger partial charge in [-0.2, -0.15) is 0 Å². The third kappa shape index (κ3) is 3.10. The lowest BCUT2D eigenvalue weighted by Gasteiger charge is -2.11. The molecule has 0 saturated carbocycles. The predicted molar refractivity (Wildman–Crippen MR) is 84.2 cm³/mol. The van der Waals surface area contributed by atoms with Crippen LogP contribution < -0.4 is 10.5 Å². The number of rotatable bonds is 3. The van der Waals surface area contributed by atoms with Gasteiger partial charge in [-0.15, -0.1) is 0 Å². The first-order valence-corrected chi connectivity index (χ1v) is 7.09. The molecule has 2 aromatic rings. The number of benzene rings is 2. The van der Waals surface area contributed by atoms with Gasteiger partial charge in [-0.05, 0) is 46.3 Å². The molecule has 0 bridgehead atoms. The highest BCUT2D eigenvalue weighted by atomic mass is 79.9. The van der Waals surface area contributed by atoms with E-state index in [0.29, 0.717) is 22.1 Å². The van der Waals surface area contributed by atoms with Gasteiger partial charge in [-0.25, -0.2) is 0 Å². The van der Waals surface area contributed by atoms with Crippen molar-refractivity contribution in [1.82, 2.24) is 0 Å². The van der Waals surface area contributed by atoms with Crippen LogP contribution >= 0.6 is 44.1 Å². The Morgan fingerprint density at radius 3 is 2.44 bits per heavy atom. The van der Waals surface area contributed by atoms with E-state index in [4.69, 9.17) is 22.7 Å². The van der Waals surface area contributed by atoms with Gasteiger partial charge >= 0.3 is 0 Å². The van der Waals surface area contributed by atoms with E-state index >= 15 is 0 Å². The number of nitrogens with two attached hydrogens (primary N) is 1. The zero-order valence-electron chi connectivity index (χ0n) is 9.19. The fourth-order valence-corrected chi connectivity index (χ4v) is 2.30. The van der Waals surface area contributed by atoms with Crippen molar-refractivity contribution >= 4 is 49.1 Å². The Balaban J connectivity index is 2.42. The van der Waals surface area contributed by atoms with E-state index in [1.54, 1.807) is 0 Å². The third-order valence-electron chi connectivity index (χ3n) is 2.27. The van der Waals surface area contributed by atoms with Crippen LogP contribution in [0.5, 0.6) is 11.5 Å². The molecule has 0 aliphatic heterocycles. The highest BCUT2D eigenvalue weighted by Gasteiger charge is 2.09. The molecule has 0 radical (unpaired) electrons. The zero-order chi connectivity index (χ0) is 13.1. The number of para-hydroxylation sites is 1. The number of thiocarbonyl (C=S) groups is 1. The second-order valence-electron chi connectivity index (χ2n) is 3.54. The van der Waals surface area contributed by atoms with Gasteiger partial charge in [0.05, 0.1) is 10.0 Å². The fourth-order valence-electron chi connectivity index (χ4n) is 1.43. The number of halogens is 2. The maximum Gasteiger partial charge on any atom is 0.141 e. The van der Waals surface area contributed by atoms with Crippen molar-refractivity contribution in [3.63, 3.8) is 0 Å². The van der Waals surface area contributed by atoms with E-state index in [-0.39, 0.29) is 0 Å². The predicted octanol–water partition coefficient (Wildman–Crippen LogP) is 4.64. The van der Waals surface area contributed by atoms with Crippen LogP contribution in [0.1, 0.15) is 5.56 Å². The van der Waals surface area contributed by atoms with Gasteiger partial charge in [0.15, 0.2) is 0 Å². The van der Waals surface area contributed by atoms with Crippen molar-refractivity contribution in [1.29, 1.82) is 0 Å². The van der Waals surface area contributed by atoms with Crippen LogP contribution in [0.2, 0.25) is 0 Å². The minimum Gasteiger partial charge on any atom is -0.455 e. The van der Waals surface area contributed by atoms with Crippen molar-refractivity contribution in [3.8, 4) is 11.5 Å². The Bertz CT molecular complexity index is 601. The minimum absolute atomic E-state index is 0.310. The van der Waals surface area contributed by atoms with Crippen LogP contribution in [0.15, 0.2) is 51.4 Å². The van der Waals surface area contributed by atoms with Gasteiger partial charge < -0.3 is 10.5 Å². The molecule has 0 saturated heterocycles. The second kappa shape index (κ2) is 5.82. The van der Waals surface area contributed by atoms with Crippen molar-refractivity contribution in [2.24, 2.45) is 5.73 Å². The van der Waals surface area contributed by atoms with Crippen LogP contribution in [0, 0.1) is 0 Å². The maximum atomic E-state index is 5.84. The van der Waals surface area contributed by atoms with Crippen molar-refractivity contribution in [2.45, 2.75) is 0 Å². The van der Waals surface area contributed by atoms with Crippen LogP contribution in [0.3, 0.4) is 0 Å². The summed E-state index contributed by atoms with van der Waals surface area (Å²) >= 11 is 11.8. The van der Waals surface area contributed by atoms with Gasteiger partial charge in [0.25, 0.3) is 0 Å². The van der Waals surface area contributed by atoms with E-state index < -0.39 is 0 Å². The highest BCUT2D eigenvalue weighted by Crippen LogP contribution is 2.32. The molecule has 2 nitrogen and oxygen atoms in total. The standard InChI is InChI=1S/C13H9Br2NOS/c14-8-5-6-9(13(16)18)12(7-8)17-11-4-2-1-3-10(11)15/h1-7H,(H2,16,18). The number of hydrogen-bond donors (Lipinski definition) is 1. The lowest BCUT2D eigenvalue weighted by atomic mass is 10.2. The molecule has 0 fully saturated rings. The molecular formula is C13H9Br2NOS. The Labute approximate surface area is 127 Å². The van der Waals surface area contributed by atoms with E-state index in [1.165, 1.54) is 0 Å². The van der Waals surface area contributed by atoms with E-state index in [2.05, 4.69) is 31.9 Å². The Hall–Kier alpha value is -0.910. The molecule has 0 aliphatic carbocycles. The molecule has 5 heteroatoms. The minimum atomic E-state index is 0.310. The topological polar surface area (TPSA) is 35.2 Å². The normalized spacial score (nSPS) is 10.1. The molecule has 2 N–H and O–H groups in total. The van der Waals surface area contributed by atoms with Crippen LogP contribution in [0.4, 0.5) is 0 Å². The zero-order valence-corrected chi connectivity index (χ0v) is 13.2. The summed E-state index contributed by atoms with van der Waals surface area (Å²) in [6, 6.07) is 13.2. The number of hydrogen-bond acceptors (Lipinski definition) is 2. The van der Waals surface area contributed by atoms with Crippen molar-refractivity contribution in [3.05, 3.63) is 57.0 Å². The Morgan fingerprint density at radius 2 is 1.78 bits per heavy atom. The Morgan fingerprint density at radius 1 is 1.06 bits per heavy atom. The summed E-state index contributed by atoms with van der Waals surface area (Å²) in [6.45, 7) is 0. The van der Waals surface area contributed by atoms with Crippen molar-refractivity contribution in [2.75, 3.05) is 0 Å². The monoisotopic (exact) mass is 385 g/mol. The van der Waals surface area contributed by atoms with Crippen molar-refractivity contribution < 1.29 is 4.74 Å². The average molecular weight is 387 g/mol. The lowest BCUT2D eigenvalue weighted by molar-refractivity contribution is 0.478. The number of ether oxygens (including phenoxy) is 1. The molecule has 0 aromatic heterocycles. The van der Waals surface area contributed by atoms with Gasteiger partial charge in [-0.3, -0.25) is 0 Å². The largest absolute Gasteiger partial charge is 0.455 e. The van der Waals surface area contributed by atoms with Gasteiger partial charge in [0.2, 0.25) is 0 Å². The first-order valence-electron chi connectivity index (χ1n) is 5.09. The SMILES string of the molecule is NC(=S)c1ccc(Br)cc1Oc1ccccc1Br. The van der Waals surface area contributed by atoms with Crippen LogP contribution in [-0.4, -0.2) is 4.99 Å². The third-order valence-corrected chi connectivity index (χ3v) is 3.63. The van der Waals surface area contributed by atoms with Crippen LogP contribution in [0.25, 0.3) is 0 Å². The molecule has 92 valence electrons. The maximum absolute atomic E-state index is 5.84. The molecule has 2 aromatic carbocycles. The van der Waals surface area contributed by atoms with Gasteiger partial charge in [0.1, 0.15) is 16.5 Å². The highest BCUT2D eigenvalue weighted by molar-refractivity contribution is 9.10. The molecule has 0 unspecified atom stereocenters. The molecule has 0 atom stereocenters. The Kier molecular flexibility index (Phi) is 4.37. The second-order valence-corrected chi connectivity index (χ2v) is 5.75.